The Kier molecular flexibility index (Phi) is 5.02. The zero-order chi connectivity index (χ0) is 18.0. The van der Waals surface area contributed by atoms with Crippen molar-refractivity contribution in [3.05, 3.63) is 58.3 Å². The third kappa shape index (κ3) is 4.85. The van der Waals surface area contributed by atoms with Crippen LogP contribution in [-0.2, 0) is 6.54 Å². The van der Waals surface area contributed by atoms with Crippen LogP contribution >= 0.6 is 0 Å². The van der Waals surface area contributed by atoms with Crippen LogP contribution in [0.25, 0.3) is 0 Å². The van der Waals surface area contributed by atoms with Gasteiger partial charge >= 0.3 is 5.69 Å². The molecular weight excluding hydrogens is 302 g/mol. The van der Waals surface area contributed by atoms with Gasteiger partial charge in [-0.2, -0.15) is 0 Å². The van der Waals surface area contributed by atoms with Gasteiger partial charge in [0.1, 0.15) is 5.69 Å². The molecule has 0 bridgehead atoms. The highest BCUT2D eigenvalue weighted by atomic mass is 16.2. The van der Waals surface area contributed by atoms with Crippen LogP contribution < -0.4 is 11.0 Å². The van der Waals surface area contributed by atoms with Gasteiger partial charge in [-0.3, -0.25) is 9.36 Å². The Morgan fingerprint density at radius 3 is 2.33 bits per heavy atom. The average molecular weight is 329 g/mol. The second kappa shape index (κ2) is 6.67. The number of amides is 1. The summed E-state index contributed by atoms with van der Waals surface area (Å²) >= 11 is 0. The van der Waals surface area contributed by atoms with Crippen LogP contribution in [0.2, 0.25) is 0 Å². The Hall–Kier alpha value is -2.30. The quantitative estimate of drug-likeness (QED) is 0.885. The summed E-state index contributed by atoms with van der Waals surface area (Å²) in [5.41, 5.74) is 0.782. The molecule has 130 valence electrons. The standard InChI is InChI=1S/C19H27N3O2/c1-18(2,3)13-19(4,5)21-16(23)15-11-20-17(24)22(15)12-14-9-7-6-8-10-14/h6-11H,12-13H2,1-5H3,(H,20,24)(H,21,23). The van der Waals surface area contributed by atoms with Crippen LogP contribution in [0, 0.1) is 5.41 Å². The van der Waals surface area contributed by atoms with E-state index in [0.29, 0.717) is 12.2 Å². The summed E-state index contributed by atoms with van der Waals surface area (Å²) in [7, 11) is 0. The number of nitrogens with zero attached hydrogens (tertiary/aromatic N) is 1. The maximum atomic E-state index is 12.7. The lowest BCUT2D eigenvalue weighted by molar-refractivity contribution is 0.0882. The maximum Gasteiger partial charge on any atom is 0.326 e. The third-order valence-electron chi connectivity index (χ3n) is 3.71. The van der Waals surface area contributed by atoms with Crippen molar-refractivity contribution in [3.8, 4) is 0 Å². The van der Waals surface area contributed by atoms with Crippen LogP contribution in [0.1, 0.15) is 57.1 Å². The molecule has 5 heteroatoms. The number of carbonyl (C=O) groups excluding carboxylic acids is 1. The minimum absolute atomic E-state index is 0.0959. The van der Waals surface area contributed by atoms with E-state index in [9.17, 15) is 9.59 Å². The predicted molar refractivity (Wildman–Crippen MR) is 96.2 cm³/mol. The maximum absolute atomic E-state index is 12.7. The first-order valence-electron chi connectivity index (χ1n) is 8.22. The number of aromatic nitrogens is 2. The van der Waals surface area contributed by atoms with E-state index in [1.54, 1.807) is 0 Å². The summed E-state index contributed by atoms with van der Waals surface area (Å²) in [6.45, 7) is 10.8. The number of hydrogen-bond acceptors (Lipinski definition) is 2. The molecule has 1 aromatic carbocycles. The van der Waals surface area contributed by atoms with Crippen molar-refractivity contribution >= 4 is 5.91 Å². The molecule has 0 saturated carbocycles. The molecule has 2 N–H and O–H groups in total. The first kappa shape index (κ1) is 18.0. The number of H-pyrrole nitrogens is 1. The molecule has 0 saturated heterocycles. The highest BCUT2D eigenvalue weighted by molar-refractivity contribution is 5.92. The van der Waals surface area contributed by atoms with Gasteiger partial charge < -0.3 is 10.3 Å². The van der Waals surface area contributed by atoms with Crippen LogP contribution in [-0.4, -0.2) is 21.0 Å². The third-order valence-corrected chi connectivity index (χ3v) is 3.71. The van der Waals surface area contributed by atoms with Gasteiger partial charge in [-0.15, -0.1) is 0 Å². The van der Waals surface area contributed by atoms with Crippen molar-refractivity contribution in [2.45, 2.75) is 53.1 Å². The average Bonchev–Trinajstić information content (AvgIpc) is 2.78. The first-order valence-corrected chi connectivity index (χ1v) is 8.22. The van der Waals surface area contributed by atoms with Gasteiger partial charge in [0.25, 0.3) is 5.91 Å². The Balaban J connectivity index is 2.20. The zero-order valence-electron chi connectivity index (χ0n) is 15.1. The summed E-state index contributed by atoms with van der Waals surface area (Å²) in [5.74, 6) is -0.237. The van der Waals surface area contributed by atoms with Crippen molar-refractivity contribution in [2.24, 2.45) is 5.41 Å². The van der Waals surface area contributed by atoms with Crippen molar-refractivity contribution in [1.82, 2.24) is 14.9 Å². The Bertz CT molecular complexity index is 749. The summed E-state index contributed by atoms with van der Waals surface area (Å²) in [5, 5.41) is 3.05. The molecule has 0 unspecified atom stereocenters. The van der Waals surface area contributed by atoms with Crippen LogP contribution in [0.3, 0.4) is 0 Å². The van der Waals surface area contributed by atoms with Crippen molar-refractivity contribution in [3.63, 3.8) is 0 Å². The predicted octanol–water partition coefficient (Wildman–Crippen LogP) is 3.17. The number of aromatic amines is 1. The molecule has 1 amide bonds. The minimum Gasteiger partial charge on any atom is -0.346 e. The summed E-state index contributed by atoms with van der Waals surface area (Å²) in [6, 6.07) is 9.62. The highest BCUT2D eigenvalue weighted by Gasteiger charge is 2.28. The van der Waals surface area contributed by atoms with Crippen molar-refractivity contribution < 1.29 is 4.79 Å². The fourth-order valence-corrected chi connectivity index (χ4v) is 3.25. The molecule has 0 aliphatic heterocycles. The van der Waals surface area contributed by atoms with Crippen molar-refractivity contribution in [1.29, 1.82) is 0 Å². The molecule has 0 aliphatic carbocycles. The van der Waals surface area contributed by atoms with E-state index in [4.69, 9.17) is 0 Å². The first-order chi connectivity index (χ1) is 11.1. The molecule has 24 heavy (non-hydrogen) atoms. The molecule has 0 radical (unpaired) electrons. The number of hydrogen-bond donors (Lipinski definition) is 2. The van der Waals surface area contributed by atoms with E-state index in [0.717, 1.165) is 12.0 Å². The fraction of sp³-hybridized carbons (Fsp3) is 0.474. The van der Waals surface area contributed by atoms with Crippen molar-refractivity contribution in [2.75, 3.05) is 0 Å². The van der Waals surface area contributed by atoms with Gasteiger partial charge in [0.05, 0.1) is 6.54 Å². The van der Waals surface area contributed by atoms with Gasteiger partial charge in [-0.05, 0) is 31.2 Å². The van der Waals surface area contributed by atoms with Crippen LogP contribution in [0.5, 0.6) is 0 Å². The van der Waals surface area contributed by atoms with E-state index in [-0.39, 0.29) is 22.6 Å². The second-order valence-corrected chi connectivity index (χ2v) is 8.13. The lowest BCUT2D eigenvalue weighted by Gasteiger charge is -2.33. The van der Waals surface area contributed by atoms with Gasteiger partial charge in [-0.1, -0.05) is 51.1 Å². The molecule has 0 aliphatic rings. The summed E-state index contributed by atoms with van der Waals surface area (Å²) in [4.78, 5) is 27.4. The molecular formula is C19H27N3O2. The summed E-state index contributed by atoms with van der Waals surface area (Å²) < 4.78 is 1.47. The normalized spacial score (nSPS) is 12.2. The molecule has 1 aromatic heterocycles. The number of carbonyl (C=O) groups is 1. The fourth-order valence-electron chi connectivity index (χ4n) is 3.25. The molecule has 1 heterocycles. The highest BCUT2D eigenvalue weighted by Crippen LogP contribution is 2.27. The van der Waals surface area contributed by atoms with Crippen LogP contribution in [0.15, 0.2) is 41.3 Å². The Morgan fingerprint density at radius 2 is 1.75 bits per heavy atom. The van der Waals surface area contributed by atoms with Crippen LogP contribution in [0.4, 0.5) is 0 Å². The van der Waals surface area contributed by atoms with E-state index < -0.39 is 0 Å². The number of benzene rings is 1. The molecule has 0 spiro atoms. The van der Waals surface area contributed by atoms with Gasteiger partial charge in [-0.25, -0.2) is 4.79 Å². The Labute approximate surface area is 143 Å². The SMILES string of the molecule is CC(C)(C)CC(C)(C)NC(=O)c1c[nH]c(=O)n1Cc1ccccc1. The number of imidazole rings is 1. The largest absolute Gasteiger partial charge is 0.346 e. The molecule has 2 rings (SSSR count). The Morgan fingerprint density at radius 1 is 1.12 bits per heavy atom. The molecule has 0 fully saturated rings. The molecule has 0 atom stereocenters. The van der Waals surface area contributed by atoms with E-state index in [2.05, 4.69) is 31.1 Å². The zero-order valence-corrected chi connectivity index (χ0v) is 15.1. The van der Waals surface area contributed by atoms with E-state index in [1.807, 2.05) is 44.2 Å². The van der Waals surface area contributed by atoms with E-state index >= 15 is 0 Å². The molecule has 5 nitrogen and oxygen atoms in total. The topological polar surface area (TPSA) is 66.9 Å². The van der Waals surface area contributed by atoms with Gasteiger partial charge in [0.15, 0.2) is 0 Å². The van der Waals surface area contributed by atoms with Gasteiger partial charge in [0.2, 0.25) is 0 Å². The minimum atomic E-state index is -0.361. The smallest absolute Gasteiger partial charge is 0.326 e. The lowest BCUT2D eigenvalue weighted by atomic mass is 9.82. The second-order valence-electron chi connectivity index (χ2n) is 8.13. The number of rotatable bonds is 5. The summed E-state index contributed by atoms with van der Waals surface area (Å²) in [6.07, 6.45) is 2.31. The van der Waals surface area contributed by atoms with Gasteiger partial charge in [0, 0.05) is 11.7 Å². The monoisotopic (exact) mass is 329 g/mol. The molecule has 2 aromatic rings. The lowest BCUT2D eigenvalue weighted by Crippen LogP contribution is -2.46. The number of nitrogens with one attached hydrogen (secondary N) is 2. The van der Waals surface area contributed by atoms with E-state index in [1.165, 1.54) is 10.8 Å².